The molecule has 2 aromatic carbocycles. The van der Waals surface area contributed by atoms with Crippen LogP contribution in [-0.4, -0.2) is 12.5 Å². The SMILES string of the molecule is CCOc1cccc(C(C)NC(=O)C(C)(N)c2ccccc2)c1. The van der Waals surface area contributed by atoms with Crippen molar-refractivity contribution in [2.45, 2.75) is 32.4 Å². The van der Waals surface area contributed by atoms with Gasteiger partial charge in [-0.25, -0.2) is 0 Å². The molecule has 2 aromatic rings. The Kier molecular flexibility index (Phi) is 5.40. The molecule has 0 heterocycles. The maximum atomic E-state index is 12.6. The highest BCUT2D eigenvalue weighted by atomic mass is 16.5. The Morgan fingerprint density at radius 3 is 2.57 bits per heavy atom. The van der Waals surface area contributed by atoms with Gasteiger partial charge in [-0.15, -0.1) is 0 Å². The number of hydrogen-bond acceptors (Lipinski definition) is 3. The van der Waals surface area contributed by atoms with E-state index in [4.69, 9.17) is 10.5 Å². The molecule has 0 aromatic heterocycles. The highest BCUT2D eigenvalue weighted by molar-refractivity contribution is 5.87. The van der Waals surface area contributed by atoms with Gasteiger partial charge in [0.25, 0.3) is 0 Å². The van der Waals surface area contributed by atoms with E-state index in [1.165, 1.54) is 0 Å². The van der Waals surface area contributed by atoms with Crippen molar-refractivity contribution in [2.75, 3.05) is 6.61 Å². The summed E-state index contributed by atoms with van der Waals surface area (Å²) in [5.41, 5.74) is 6.94. The average molecular weight is 312 g/mol. The van der Waals surface area contributed by atoms with Crippen LogP contribution in [0.5, 0.6) is 5.75 Å². The predicted octanol–water partition coefficient (Wildman–Crippen LogP) is 3.14. The van der Waals surface area contributed by atoms with E-state index in [0.29, 0.717) is 6.61 Å². The fourth-order valence-corrected chi connectivity index (χ4v) is 2.39. The van der Waals surface area contributed by atoms with E-state index in [0.717, 1.165) is 16.9 Å². The smallest absolute Gasteiger partial charge is 0.244 e. The standard InChI is InChI=1S/C19H24N2O2/c1-4-23-17-12-8-9-15(13-17)14(2)21-18(22)19(3,20)16-10-6-5-7-11-16/h5-14H,4,20H2,1-3H3,(H,21,22). The molecule has 0 aliphatic carbocycles. The monoisotopic (exact) mass is 312 g/mol. The third-order valence-corrected chi connectivity index (χ3v) is 3.86. The molecule has 0 fully saturated rings. The molecule has 0 aliphatic rings. The fourth-order valence-electron chi connectivity index (χ4n) is 2.39. The molecule has 2 unspecified atom stereocenters. The number of amides is 1. The molecule has 0 spiro atoms. The number of hydrogen-bond donors (Lipinski definition) is 2. The third kappa shape index (κ3) is 4.11. The lowest BCUT2D eigenvalue weighted by Gasteiger charge is -2.26. The van der Waals surface area contributed by atoms with Gasteiger partial charge >= 0.3 is 0 Å². The summed E-state index contributed by atoms with van der Waals surface area (Å²) in [6, 6.07) is 16.9. The van der Waals surface area contributed by atoms with Crippen molar-refractivity contribution in [3.05, 3.63) is 65.7 Å². The second-order valence-corrected chi connectivity index (χ2v) is 5.77. The first-order valence-corrected chi connectivity index (χ1v) is 7.83. The van der Waals surface area contributed by atoms with Crippen LogP contribution in [0.3, 0.4) is 0 Å². The topological polar surface area (TPSA) is 64.3 Å². The van der Waals surface area contributed by atoms with E-state index < -0.39 is 5.54 Å². The van der Waals surface area contributed by atoms with Gasteiger partial charge in [-0.05, 0) is 44.0 Å². The summed E-state index contributed by atoms with van der Waals surface area (Å²) in [7, 11) is 0. The zero-order valence-electron chi connectivity index (χ0n) is 13.9. The van der Waals surface area contributed by atoms with Gasteiger partial charge in [0.2, 0.25) is 5.91 Å². The molecule has 2 rings (SSSR count). The van der Waals surface area contributed by atoms with Crippen LogP contribution in [0, 0.1) is 0 Å². The summed E-state index contributed by atoms with van der Waals surface area (Å²) < 4.78 is 5.50. The van der Waals surface area contributed by atoms with Gasteiger partial charge in [-0.3, -0.25) is 4.79 Å². The zero-order valence-corrected chi connectivity index (χ0v) is 13.9. The van der Waals surface area contributed by atoms with Crippen LogP contribution >= 0.6 is 0 Å². The van der Waals surface area contributed by atoms with Crippen molar-refractivity contribution in [2.24, 2.45) is 5.73 Å². The van der Waals surface area contributed by atoms with Crippen LogP contribution in [0.4, 0.5) is 0 Å². The second kappa shape index (κ2) is 7.29. The van der Waals surface area contributed by atoms with Crippen LogP contribution in [0.2, 0.25) is 0 Å². The van der Waals surface area contributed by atoms with Crippen LogP contribution in [0.25, 0.3) is 0 Å². The fraction of sp³-hybridized carbons (Fsp3) is 0.316. The highest BCUT2D eigenvalue weighted by Gasteiger charge is 2.31. The van der Waals surface area contributed by atoms with Gasteiger partial charge in [-0.2, -0.15) is 0 Å². The van der Waals surface area contributed by atoms with Crippen molar-refractivity contribution in [3.8, 4) is 5.75 Å². The third-order valence-electron chi connectivity index (χ3n) is 3.86. The number of rotatable bonds is 6. The average Bonchev–Trinajstić information content (AvgIpc) is 2.56. The molecule has 4 nitrogen and oxygen atoms in total. The van der Waals surface area contributed by atoms with Gasteiger partial charge in [0.1, 0.15) is 11.3 Å². The minimum atomic E-state index is -1.08. The molecule has 1 amide bonds. The number of carbonyl (C=O) groups excluding carboxylic acids is 1. The summed E-state index contributed by atoms with van der Waals surface area (Å²) >= 11 is 0. The number of nitrogens with two attached hydrogens (primary N) is 1. The van der Waals surface area contributed by atoms with Gasteiger partial charge < -0.3 is 15.8 Å². The Morgan fingerprint density at radius 2 is 1.91 bits per heavy atom. The zero-order chi connectivity index (χ0) is 16.9. The first-order chi connectivity index (χ1) is 10.9. The Morgan fingerprint density at radius 1 is 1.22 bits per heavy atom. The highest BCUT2D eigenvalue weighted by Crippen LogP contribution is 2.22. The number of benzene rings is 2. The Balaban J connectivity index is 2.11. The Bertz CT molecular complexity index is 653. The lowest BCUT2D eigenvalue weighted by atomic mass is 9.91. The summed E-state index contributed by atoms with van der Waals surface area (Å²) in [4.78, 5) is 12.6. The van der Waals surface area contributed by atoms with Crippen molar-refractivity contribution in [3.63, 3.8) is 0 Å². The van der Waals surface area contributed by atoms with Crippen LogP contribution < -0.4 is 15.8 Å². The quantitative estimate of drug-likeness (QED) is 0.861. The first kappa shape index (κ1) is 17.0. The number of ether oxygens (including phenoxy) is 1. The normalized spacial score (nSPS) is 14.6. The Labute approximate surface area is 137 Å². The molecular weight excluding hydrogens is 288 g/mol. The molecule has 0 bridgehead atoms. The second-order valence-electron chi connectivity index (χ2n) is 5.77. The van der Waals surface area contributed by atoms with E-state index in [9.17, 15) is 4.79 Å². The molecule has 2 atom stereocenters. The van der Waals surface area contributed by atoms with Crippen LogP contribution in [-0.2, 0) is 10.3 Å². The van der Waals surface area contributed by atoms with Crippen molar-refractivity contribution in [1.29, 1.82) is 0 Å². The molecule has 0 saturated carbocycles. The summed E-state index contributed by atoms with van der Waals surface area (Å²) in [6.45, 7) is 6.21. The van der Waals surface area contributed by atoms with E-state index in [1.54, 1.807) is 6.92 Å². The van der Waals surface area contributed by atoms with E-state index in [-0.39, 0.29) is 11.9 Å². The largest absolute Gasteiger partial charge is 0.494 e. The molecule has 23 heavy (non-hydrogen) atoms. The Hall–Kier alpha value is -2.33. The van der Waals surface area contributed by atoms with Gasteiger partial charge in [0.05, 0.1) is 12.6 Å². The van der Waals surface area contributed by atoms with Crippen molar-refractivity contribution >= 4 is 5.91 Å². The minimum Gasteiger partial charge on any atom is -0.494 e. The molecule has 0 aliphatic heterocycles. The summed E-state index contributed by atoms with van der Waals surface area (Å²) in [5, 5.41) is 2.98. The van der Waals surface area contributed by atoms with Crippen LogP contribution in [0.1, 0.15) is 37.9 Å². The molecule has 122 valence electrons. The van der Waals surface area contributed by atoms with Crippen molar-refractivity contribution < 1.29 is 9.53 Å². The van der Waals surface area contributed by atoms with Gasteiger partial charge in [0.15, 0.2) is 0 Å². The lowest BCUT2D eigenvalue weighted by Crippen LogP contribution is -2.49. The molecule has 3 N–H and O–H groups in total. The van der Waals surface area contributed by atoms with Gasteiger partial charge in [-0.1, -0.05) is 42.5 Å². The van der Waals surface area contributed by atoms with E-state index in [1.807, 2.05) is 68.4 Å². The minimum absolute atomic E-state index is 0.158. The molecule has 0 radical (unpaired) electrons. The predicted molar refractivity (Wildman–Crippen MR) is 92.2 cm³/mol. The maximum absolute atomic E-state index is 12.6. The molecule has 0 saturated heterocycles. The summed E-state index contributed by atoms with van der Waals surface area (Å²) in [6.07, 6.45) is 0. The molecular formula is C19H24N2O2. The summed E-state index contributed by atoms with van der Waals surface area (Å²) in [5.74, 6) is 0.586. The number of nitrogens with one attached hydrogen (secondary N) is 1. The lowest BCUT2D eigenvalue weighted by molar-refractivity contribution is -0.126. The molecule has 4 heteroatoms. The van der Waals surface area contributed by atoms with Crippen LogP contribution in [0.15, 0.2) is 54.6 Å². The first-order valence-electron chi connectivity index (χ1n) is 7.83. The maximum Gasteiger partial charge on any atom is 0.244 e. The van der Waals surface area contributed by atoms with E-state index in [2.05, 4.69) is 5.32 Å². The van der Waals surface area contributed by atoms with E-state index >= 15 is 0 Å². The van der Waals surface area contributed by atoms with Gasteiger partial charge in [0, 0.05) is 0 Å². The van der Waals surface area contributed by atoms with Crippen molar-refractivity contribution in [1.82, 2.24) is 5.32 Å². The number of carbonyl (C=O) groups is 1.